The van der Waals surface area contributed by atoms with E-state index in [0.29, 0.717) is 17.2 Å². The van der Waals surface area contributed by atoms with Gasteiger partial charge in [0.15, 0.2) is 0 Å². The van der Waals surface area contributed by atoms with Crippen LogP contribution in [0.25, 0.3) is 0 Å². The van der Waals surface area contributed by atoms with Gasteiger partial charge >= 0.3 is 0 Å². The molecule has 1 amide bonds. The van der Waals surface area contributed by atoms with Crippen molar-refractivity contribution >= 4 is 17.5 Å². The van der Waals surface area contributed by atoms with Crippen molar-refractivity contribution in [3.05, 3.63) is 17.5 Å². The first kappa shape index (κ1) is 10.5. The lowest BCUT2D eigenvalue weighted by Crippen LogP contribution is -2.55. The van der Waals surface area contributed by atoms with E-state index in [1.54, 1.807) is 6.92 Å². The van der Waals surface area contributed by atoms with Crippen molar-refractivity contribution in [3.8, 4) is 0 Å². The van der Waals surface area contributed by atoms with Crippen LogP contribution in [0.1, 0.15) is 35.4 Å². The van der Waals surface area contributed by atoms with Gasteiger partial charge in [-0.25, -0.2) is 0 Å². The van der Waals surface area contributed by atoms with Crippen LogP contribution in [-0.2, 0) is 0 Å². The highest BCUT2D eigenvalue weighted by atomic mass is 35.5. The molecular weight excluding hydrogens is 216 g/mol. The molecule has 0 spiro atoms. The molecule has 1 fully saturated rings. The van der Waals surface area contributed by atoms with E-state index in [0.717, 1.165) is 19.3 Å². The third-order valence-corrected chi connectivity index (χ3v) is 3.45. The van der Waals surface area contributed by atoms with Crippen LogP contribution in [-0.4, -0.2) is 22.5 Å². The third-order valence-electron chi connectivity index (χ3n) is 2.94. The van der Waals surface area contributed by atoms with Crippen LogP contribution in [0.2, 0.25) is 0 Å². The van der Waals surface area contributed by atoms with Gasteiger partial charge in [-0.1, -0.05) is 5.16 Å². The van der Waals surface area contributed by atoms with Crippen molar-refractivity contribution in [3.63, 3.8) is 0 Å². The molecular formula is C10H13ClN2O2. The third kappa shape index (κ3) is 1.86. The number of hydrogen-bond acceptors (Lipinski definition) is 3. The van der Waals surface area contributed by atoms with Crippen molar-refractivity contribution < 1.29 is 9.32 Å². The molecule has 5 heteroatoms. The zero-order valence-electron chi connectivity index (χ0n) is 8.55. The molecule has 82 valence electrons. The summed E-state index contributed by atoms with van der Waals surface area (Å²) >= 11 is 5.85. The number of rotatable bonds is 3. The smallest absolute Gasteiger partial charge is 0.256 e. The van der Waals surface area contributed by atoms with Crippen molar-refractivity contribution in [2.45, 2.75) is 31.7 Å². The van der Waals surface area contributed by atoms with Crippen LogP contribution in [0.15, 0.2) is 10.7 Å². The molecule has 0 bridgehead atoms. The van der Waals surface area contributed by atoms with E-state index in [2.05, 4.69) is 10.5 Å². The molecule has 1 N–H and O–H groups in total. The van der Waals surface area contributed by atoms with Gasteiger partial charge in [0, 0.05) is 5.88 Å². The van der Waals surface area contributed by atoms with Gasteiger partial charge in [0.25, 0.3) is 5.91 Å². The minimum Gasteiger partial charge on any atom is -0.361 e. The monoisotopic (exact) mass is 228 g/mol. The Labute approximate surface area is 93.0 Å². The fourth-order valence-corrected chi connectivity index (χ4v) is 2.05. The molecule has 15 heavy (non-hydrogen) atoms. The summed E-state index contributed by atoms with van der Waals surface area (Å²) in [5.41, 5.74) is 0.286. The number of nitrogens with one attached hydrogen (secondary N) is 1. The number of amides is 1. The molecule has 2 rings (SSSR count). The summed E-state index contributed by atoms with van der Waals surface area (Å²) in [5, 5.41) is 6.53. The van der Waals surface area contributed by atoms with E-state index in [1.165, 1.54) is 6.20 Å². The Kier molecular flexibility index (Phi) is 2.69. The lowest BCUT2D eigenvalue weighted by molar-refractivity contribution is 0.0852. The SMILES string of the molecule is Cc1oncc1C(=O)NC1(CCl)CCC1. The molecule has 4 nitrogen and oxygen atoms in total. The average Bonchev–Trinajstić information content (AvgIpc) is 2.58. The predicted molar refractivity (Wildman–Crippen MR) is 56.0 cm³/mol. The van der Waals surface area contributed by atoms with Crippen LogP contribution in [0.4, 0.5) is 0 Å². The van der Waals surface area contributed by atoms with Gasteiger partial charge in [0.05, 0.1) is 11.7 Å². The highest BCUT2D eigenvalue weighted by Gasteiger charge is 2.38. The van der Waals surface area contributed by atoms with E-state index in [4.69, 9.17) is 16.1 Å². The minimum atomic E-state index is -0.206. The lowest BCUT2D eigenvalue weighted by Gasteiger charge is -2.40. The van der Waals surface area contributed by atoms with Crippen LogP contribution in [0.3, 0.4) is 0 Å². The van der Waals surface area contributed by atoms with Crippen molar-refractivity contribution in [1.82, 2.24) is 10.5 Å². The van der Waals surface area contributed by atoms with E-state index in [-0.39, 0.29) is 11.4 Å². The second-order valence-corrected chi connectivity index (χ2v) is 4.28. The number of halogens is 1. The Bertz CT molecular complexity index is 366. The fourth-order valence-electron chi connectivity index (χ4n) is 1.72. The topological polar surface area (TPSA) is 55.1 Å². The number of aromatic nitrogens is 1. The normalized spacial score (nSPS) is 18.3. The van der Waals surface area contributed by atoms with Crippen LogP contribution in [0, 0.1) is 6.92 Å². The minimum absolute atomic E-state index is 0.144. The quantitative estimate of drug-likeness (QED) is 0.804. The molecule has 1 aliphatic carbocycles. The maximum atomic E-state index is 11.8. The molecule has 1 heterocycles. The molecule has 0 aliphatic heterocycles. The van der Waals surface area contributed by atoms with Gasteiger partial charge in [-0.3, -0.25) is 4.79 Å². The van der Waals surface area contributed by atoms with Gasteiger partial charge in [-0.05, 0) is 26.2 Å². The summed E-state index contributed by atoms with van der Waals surface area (Å²) in [7, 11) is 0. The Morgan fingerprint density at radius 2 is 2.47 bits per heavy atom. The Balaban J connectivity index is 2.07. The fraction of sp³-hybridized carbons (Fsp3) is 0.600. The number of nitrogens with zero attached hydrogens (tertiary/aromatic N) is 1. The van der Waals surface area contributed by atoms with Crippen LogP contribution < -0.4 is 5.32 Å². The summed E-state index contributed by atoms with van der Waals surface area (Å²) in [4.78, 5) is 11.8. The maximum absolute atomic E-state index is 11.8. The van der Waals surface area contributed by atoms with Gasteiger partial charge in [0.2, 0.25) is 0 Å². The number of alkyl halides is 1. The Hall–Kier alpha value is -1.03. The van der Waals surface area contributed by atoms with Gasteiger partial charge in [-0.2, -0.15) is 0 Å². The summed E-state index contributed by atoms with van der Waals surface area (Å²) in [6.07, 6.45) is 4.46. The van der Waals surface area contributed by atoms with Crippen LogP contribution in [0.5, 0.6) is 0 Å². The van der Waals surface area contributed by atoms with Gasteiger partial charge < -0.3 is 9.84 Å². The highest BCUT2D eigenvalue weighted by Crippen LogP contribution is 2.33. The van der Waals surface area contributed by atoms with Gasteiger partial charge in [-0.15, -0.1) is 11.6 Å². The van der Waals surface area contributed by atoms with E-state index >= 15 is 0 Å². The Morgan fingerprint density at radius 3 is 2.87 bits per heavy atom. The molecule has 1 aromatic rings. The summed E-state index contributed by atoms with van der Waals surface area (Å²) in [6.45, 7) is 1.72. The lowest BCUT2D eigenvalue weighted by atomic mass is 9.78. The van der Waals surface area contributed by atoms with Crippen LogP contribution >= 0.6 is 11.6 Å². The number of carbonyl (C=O) groups excluding carboxylic acids is 1. The van der Waals surface area contributed by atoms with E-state index < -0.39 is 0 Å². The zero-order chi connectivity index (χ0) is 10.9. The largest absolute Gasteiger partial charge is 0.361 e. The van der Waals surface area contributed by atoms with Crippen molar-refractivity contribution in [2.75, 3.05) is 5.88 Å². The standard InChI is InChI=1S/C10H13ClN2O2/c1-7-8(5-12-15-7)9(14)13-10(6-11)3-2-4-10/h5H,2-4,6H2,1H3,(H,13,14). The zero-order valence-corrected chi connectivity index (χ0v) is 9.30. The highest BCUT2D eigenvalue weighted by molar-refractivity contribution is 6.19. The number of hydrogen-bond donors (Lipinski definition) is 1. The van der Waals surface area contributed by atoms with E-state index in [1.807, 2.05) is 0 Å². The Morgan fingerprint density at radius 1 is 1.73 bits per heavy atom. The van der Waals surface area contributed by atoms with Gasteiger partial charge in [0.1, 0.15) is 11.3 Å². The molecule has 0 radical (unpaired) electrons. The maximum Gasteiger partial charge on any atom is 0.256 e. The first-order valence-corrected chi connectivity index (χ1v) is 5.50. The molecule has 0 atom stereocenters. The van der Waals surface area contributed by atoms with Crippen molar-refractivity contribution in [2.24, 2.45) is 0 Å². The molecule has 0 aromatic carbocycles. The summed E-state index contributed by atoms with van der Waals surface area (Å²) in [5.74, 6) is 0.855. The second kappa shape index (κ2) is 3.85. The molecule has 1 saturated carbocycles. The molecule has 0 unspecified atom stereocenters. The molecule has 1 aliphatic rings. The molecule has 0 saturated heterocycles. The second-order valence-electron chi connectivity index (χ2n) is 4.02. The first-order valence-electron chi connectivity index (χ1n) is 4.97. The number of carbonyl (C=O) groups is 1. The van der Waals surface area contributed by atoms with Crippen molar-refractivity contribution in [1.29, 1.82) is 0 Å². The average molecular weight is 229 g/mol. The molecule has 1 aromatic heterocycles. The summed E-state index contributed by atoms with van der Waals surface area (Å²) in [6, 6.07) is 0. The van der Waals surface area contributed by atoms with E-state index in [9.17, 15) is 4.79 Å². The number of aryl methyl sites for hydroxylation is 1. The predicted octanol–water partition coefficient (Wildman–Crippen LogP) is 1.87. The first-order chi connectivity index (χ1) is 7.17. The summed E-state index contributed by atoms with van der Waals surface area (Å²) < 4.78 is 4.84.